The molecule has 0 fully saturated rings. The third-order valence-electron chi connectivity index (χ3n) is 2.51. The molecular weight excluding hydrogens is 522 g/mol. The third-order valence-corrected chi connectivity index (χ3v) is 2.51. The Morgan fingerprint density at radius 3 is 0.667 bits per heavy atom. The third kappa shape index (κ3) is 31.5. The molecule has 21 heteroatoms. The van der Waals surface area contributed by atoms with Crippen LogP contribution < -0.4 is 241 Å². The topological polar surface area (TPSA) is 313 Å². The summed E-state index contributed by atoms with van der Waals surface area (Å²) in [6.45, 7) is 0. The van der Waals surface area contributed by atoms with Gasteiger partial charge in [-0.15, -0.1) is 0 Å². The molecule has 0 saturated carbocycles. The molecule has 4 N–H and O–H groups in total. The van der Waals surface area contributed by atoms with Crippen molar-refractivity contribution in [2.45, 2.75) is 36.9 Å². The minimum Gasteiger partial charge on any atom is -0.550 e. The average molecular weight is 534 g/mol. The van der Waals surface area contributed by atoms with Gasteiger partial charge in [0.2, 0.25) is 0 Å². The summed E-state index contributed by atoms with van der Waals surface area (Å²) in [6, 6.07) is 0. The number of hydrogen-bond acceptors (Lipinski definition) is 14. The van der Waals surface area contributed by atoms with Crippen LogP contribution in [0.3, 0.4) is 0 Å². The van der Waals surface area contributed by atoms with Crippen molar-refractivity contribution in [3.05, 3.63) is 0 Å². The van der Waals surface area contributed by atoms with E-state index >= 15 is 0 Å². The Hall–Kier alpha value is 3.40. The zero-order chi connectivity index (χ0) is 21.3. The van der Waals surface area contributed by atoms with Crippen LogP contribution in [0.2, 0.25) is 0 Å². The molecule has 0 spiro atoms. The quantitative estimate of drug-likeness (QED) is 0.246. The van der Waals surface area contributed by atoms with Gasteiger partial charge in [0.05, 0.1) is 11.9 Å². The van der Waals surface area contributed by atoms with E-state index in [0.29, 0.717) is 0 Å². The van der Waals surface area contributed by atoms with Crippen molar-refractivity contribution in [1.29, 1.82) is 0 Å². The van der Waals surface area contributed by atoms with Crippen molar-refractivity contribution in [3.8, 4) is 0 Å². The van der Waals surface area contributed by atoms with Gasteiger partial charge in [-0.05, 0) is 0 Å². The van der Waals surface area contributed by atoms with Crippen LogP contribution in [0.1, 0.15) is 25.7 Å². The summed E-state index contributed by atoms with van der Waals surface area (Å²) >= 11 is 0. The minimum absolute atomic E-state index is 0. The minimum atomic E-state index is -2.97. The van der Waals surface area contributed by atoms with Crippen LogP contribution in [0, 0.1) is 0 Å². The van der Waals surface area contributed by atoms with Gasteiger partial charge in [-0.3, -0.25) is 0 Å². The van der Waals surface area contributed by atoms with Gasteiger partial charge in [-0.2, -0.15) is 0 Å². The van der Waals surface area contributed by atoms with E-state index in [0.717, 1.165) is 0 Å². The molecule has 0 unspecified atom stereocenters. The van der Waals surface area contributed by atoms with Crippen LogP contribution in [0.5, 0.6) is 0 Å². The van der Waals surface area contributed by atoms with Gasteiger partial charge in [-0.25, -0.2) is 0 Å². The average Bonchev–Trinajstić information content (AvgIpc) is 2.34. The SMILES string of the molecule is O.O=C([O-])CC(O)(CC(=O)[O-])C(=O)[O-].O=C([O-])CC(O)(CC(=O)[O-])C(=O)[O-].[K+].[K+].[K+].[Li+].[Li+].[Li+]. The van der Waals surface area contributed by atoms with Crippen molar-refractivity contribution < 1.29 is 286 Å². The Bertz CT molecular complexity index is 536. The fourth-order valence-electron chi connectivity index (χ4n) is 1.37. The molecule has 15 nitrogen and oxygen atoms in total. The maximum absolute atomic E-state index is 10.1. The standard InChI is InChI=1S/2C6H8O7.3K.3Li.H2O/c2*7-3(8)1-6(13,5(11)12)2-4(9)10;;;;;;;/h2*13H,1-2H2,(H,7,8)(H,9,10)(H,11,12);;;;;;;1H2/q;;6*+1;/p-6. The second kappa shape index (κ2) is 29.9. The first-order chi connectivity index (χ1) is 11.6. The van der Waals surface area contributed by atoms with E-state index in [2.05, 4.69) is 0 Å². The monoisotopic (exact) mass is 534 g/mol. The van der Waals surface area contributed by atoms with E-state index in [1.165, 1.54) is 0 Å². The first kappa shape index (κ1) is 60.8. The summed E-state index contributed by atoms with van der Waals surface area (Å²) in [5.74, 6) is -12.0. The predicted molar refractivity (Wildman–Crippen MR) is 62.0 cm³/mol. The van der Waals surface area contributed by atoms with Crippen LogP contribution in [0.15, 0.2) is 0 Å². The normalized spacial score (nSPS) is 8.55. The number of carboxylic acids is 6. The predicted octanol–water partition coefficient (Wildman–Crippen LogP) is -29.3. The van der Waals surface area contributed by atoms with E-state index in [1.807, 2.05) is 0 Å². The first-order valence-corrected chi connectivity index (χ1v) is 6.23. The number of carbonyl (C=O) groups is 6. The molecule has 0 aromatic carbocycles. The van der Waals surface area contributed by atoms with Crippen LogP contribution in [0.4, 0.5) is 0 Å². The van der Waals surface area contributed by atoms with Gasteiger partial charge in [0.15, 0.2) is 0 Å². The Morgan fingerprint density at radius 1 is 0.485 bits per heavy atom. The van der Waals surface area contributed by atoms with E-state index in [4.69, 9.17) is 10.2 Å². The molecule has 156 valence electrons. The van der Waals surface area contributed by atoms with E-state index in [1.54, 1.807) is 0 Å². The van der Waals surface area contributed by atoms with Crippen molar-refractivity contribution in [2.24, 2.45) is 0 Å². The molecule has 0 radical (unpaired) electrons. The zero-order valence-electron chi connectivity index (χ0n) is 19.1. The Morgan fingerprint density at radius 2 is 0.606 bits per heavy atom. The van der Waals surface area contributed by atoms with Gasteiger partial charge in [0.1, 0.15) is 11.2 Å². The largest absolute Gasteiger partial charge is 1.00 e. The van der Waals surface area contributed by atoms with Crippen LogP contribution in [0.25, 0.3) is 0 Å². The van der Waals surface area contributed by atoms with E-state index in [-0.39, 0.29) is 216 Å². The van der Waals surface area contributed by atoms with Crippen molar-refractivity contribution in [2.75, 3.05) is 0 Å². The molecule has 0 aromatic heterocycles. The van der Waals surface area contributed by atoms with E-state index < -0.39 is 72.7 Å². The van der Waals surface area contributed by atoms with Gasteiger partial charge < -0.3 is 75.1 Å². The molecule has 0 atom stereocenters. The smallest absolute Gasteiger partial charge is 0.550 e. The fourth-order valence-corrected chi connectivity index (χ4v) is 1.37. The number of rotatable bonds is 10. The number of carbonyl (C=O) groups excluding carboxylic acids is 6. The molecule has 0 amide bonds. The second-order valence-electron chi connectivity index (χ2n) is 4.83. The fraction of sp³-hybridized carbons (Fsp3) is 0.500. The van der Waals surface area contributed by atoms with Crippen molar-refractivity contribution in [3.63, 3.8) is 0 Å². The second-order valence-corrected chi connectivity index (χ2v) is 4.83. The van der Waals surface area contributed by atoms with Gasteiger partial charge >= 0.3 is 211 Å². The number of hydrogen-bond donors (Lipinski definition) is 2. The molecule has 0 aromatic rings. The Balaban J connectivity index is -0.0000000411. The summed E-state index contributed by atoms with van der Waals surface area (Å²) in [5, 5.41) is 77.9. The summed E-state index contributed by atoms with van der Waals surface area (Å²) < 4.78 is 0. The Labute approximate surface area is 350 Å². The van der Waals surface area contributed by atoms with Crippen LogP contribution in [-0.4, -0.2) is 62.7 Å². The zero-order valence-corrected chi connectivity index (χ0v) is 28.5. The molecule has 0 aliphatic heterocycles. The molecule has 0 aliphatic rings. The molecule has 33 heavy (non-hydrogen) atoms. The molecular formula is C12H12K3Li3O15. The maximum atomic E-state index is 10.1. The first-order valence-electron chi connectivity index (χ1n) is 6.23. The molecule has 0 saturated heterocycles. The number of carboxylic acid groups (broad SMARTS) is 6. The van der Waals surface area contributed by atoms with Gasteiger partial charge in [-0.1, -0.05) is 0 Å². The van der Waals surface area contributed by atoms with E-state index in [9.17, 15) is 59.4 Å². The van der Waals surface area contributed by atoms with Gasteiger partial charge in [0, 0.05) is 49.6 Å². The van der Waals surface area contributed by atoms with Crippen LogP contribution in [-0.2, 0) is 28.8 Å². The van der Waals surface area contributed by atoms with Gasteiger partial charge in [0.25, 0.3) is 0 Å². The Kier molecular flexibility index (Phi) is 55.1. The summed E-state index contributed by atoms with van der Waals surface area (Å²) in [6.07, 6.45) is -5.43. The summed E-state index contributed by atoms with van der Waals surface area (Å²) in [5.41, 5.74) is -5.95. The molecule has 0 heterocycles. The van der Waals surface area contributed by atoms with Crippen LogP contribution >= 0.6 is 0 Å². The molecule has 0 bridgehead atoms. The molecule has 0 rings (SSSR count). The number of aliphatic carboxylic acids is 6. The summed E-state index contributed by atoms with van der Waals surface area (Å²) in [7, 11) is 0. The summed E-state index contributed by atoms with van der Waals surface area (Å²) in [4.78, 5) is 60.0. The molecule has 0 aliphatic carbocycles. The number of aliphatic hydroxyl groups is 2. The van der Waals surface area contributed by atoms with Crippen molar-refractivity contribution >= 4 is 35.8 Å². The maximum Gasteiger partial charge on any atom is 1.00 e. The van der Waals surface area contributed by atoms with Crippen molar-refractivity contribution in [1.82, 2.24) is 0 Å².